The summed E-state index contributed by atoms with van der Waals surface area (Å²) in [5, 5.41) is 11.8. The van der Waals surface area contributed by atoms with E-state index in [0.717, 1.165) is 6.54 Å². The first-order valence-corrected chi connectivity index (χ1v) is 4.94. The highest BCUT2D eigenvalue weighted by molar-refractivity contribution is 5.28. The quantitative estimate of drug-likeness (QED) is 0.737. The van der Waals surface area contributed by atoms with Crippen LogP contribution in [0.1, 0.15) is 19.4 Å². The summed E-state index contributed by atoms with van der Waals surface area (Å²) in [4.78, 5) is 3.99. The van der Waals surface area contributed by atoms with Crippen molar-refractivity contribution in [3.8, 4) is 11.9 Å². The van der Waals surface area contributed by atoms with Crippen molar-refractivity contribution in [2.45, 2.75) is 19.9 Å². The average molecular weight is 205 g/mol. The minimum atomic E-state index is 0.461. The Morgan fingerprint density at radius 1 is 1.53 bits per heavy atom. The van der Waals surface area contributed by atoms with Gasteiger partial charge >= 0.3 is 0 Å². The lowest BCUT2D eigenvalue weighted by Crippen LogP contribution is -2.27. The lowest BCUT2D eigenvalue weighted by atomic mass is 10.3. The Morgan fingerprint density at radius 3 is 2.87 bits per heavy atom. The Hall–Kier alpha value is -1.60. The molecule has 15 heavy (non-hydrogen) atoms. The maximum Gasteiger partial charge on any atom is 0.213 e. The van der Waals surface area contributed by atoms with Gasteiger partial charge in [-0.3, -0.25) is 0 Å². The number of nitriles is 1. The largest absolute Gasteiger partial charge is 0.476 e. The molecule has 80 valence electrons. The molecular weight excluding hydrogens is 190 g/mol. The van der Waals surface area contributed by atoms with Gasteiger partial charge in [-0.05, 0) is 6.07 Å². The van der Waals surface area contributed by atoms with Crippen LogP contribution in [0.5, 0.6) is 5.88 Å². The van der Waals surface area contributed by atoms with Crippen LogP contribution in [-0.2, 0) is 0 Å². The molecule has 1 rings (SSSR count). The maximum absolute atomic E-state index is 8.56. The molecular formula is C11H15N3O. The first-order valence-electron chi connectivity index (χ1n) is 4.94. The second-order valence-corrected chi connectivity index (χ2v) is 3.45. The molecule has 1 aromatic rings. The van der Waals surface area contributed by atoms with E-state index in [4.69, 9.17) is 10.00 Å². The van der Waals surface area contributed by atoms with E-state index in [9.17, 15) is 0 Å². The van der Waals surface area contributed by atoms with Gasteiger partial charge in [-0.15, -0.1) is 0 Å². The van der Waals surface area contributed by atoms with Gasteiger partial charge in [0.15, 0.2) is 0 Å². The van der Waals surface area contributed by atoms with Crippen molar-refractivity contribution in [2.24, 2.45) is 0 Å². The third-order valence-electron chi connectivity index (χ3n) is 1.77. The Morgan fingerprint density at radius 2 is 2.33 bits per heavy atom. The molecule has 0 aliphatic heterocycles. The number of nitrogens with one attached hydrogen (secondary N) is 1. The summed E-state index contributed by atoms with van der Waals surface area (Å²) in [6.07, 6.45) is 1.51. The molecule has 0 aromatic carbocycles. The van der Waals surface area contributed by atoms with Crippen molar-refractivity contribution in [1.82, 2.24) is 10.3 Å². The van der Waals surface area contributed by atoms with Crippen molar-refractivity contribution >= 4 is 0 Å². The van der Waals surface area contributed by atoms with Gasteiger partial charge in [-0.25, -0.2) is 4.98 Å². The van der Waals surface area contributed by atoms with Crippen LogP contribution in [-0.4, -0.2) is 24.2 Å². The SMILES string of the molecule is CC(C)NCCOc1ccc(C#N)cn1. The second kappa shape index (κ2) is 5.99. The molecule has 0 saturated carbocycles. The van der Waals surface area contributed by atoms with Gasteiger partial charge in [-0.1, -0.05) is 13.8 Å². The number of hydrogen-bond acceptors (Lipinski definition) is 4. The van der Waals surface area contributed by atoms with E-state index in [2.05, 4.69) is 24.1 Å². The molecule has 0 amide bonds. The Labute approximate surface area is 89.9 Å². The Kier molecular flexibility index (Phi) is 4.58. The molecule has 0 bridgehead atoms. The van der Waals surface area contributed by atoms with Gasteiger partial charge in [0, 0.05) is 24.8 Å². The smallest absolute Gasteiger partial charge is 0.213 e. The van der Waals surface area contributed by atoms with Crippen molar-refractivity contribution in [2.75, 3.05) is 13.2 Å². The summed E-state index contributed by atoms with van der Waals surface area (Å²) >= 11 is 0. The van der Waals surface area contributed by atoms with E-state index in [0.29, 0.717) is 24.1 Å². The lowest BCUT2D eigenvalue weighted by molar-refractivity contribution is 0.298. The minimum absolute atomic E-state index is 0.461. The number of pyridine rings is 1. The fourth-order valence-corrected chi connectivity index (χ4v) is 1.04. The van der Waals surface area contributed by atoms with Gasteiger partial charge in [0.1, 0.15) is 12.7 Å². The summed E-state index contributed by atoms with van der Waals surface area (Å²) < 4.78 is 5.37. The van der Waals surface area contributed by atoms with Crippen LogP contribution in [0.15, 0.2) is 18.3 Å². The van der Waals surface area contributed by atoms with Gasteiger partial charge < -0.3 is 10.1 Å². The highest BCUT2D eigenvalue weighted by Gasteiger charge is 1.96. The van der Waals surface area contributed by atoms with Crippen LogP contribution < -0.4 is 10.1 Å². The van der Waals surface area contributed by atoms with Crippen LogP contribution in [0.3, 0.4) is 0 Å². The molecule has 4 nitrogen and oxygen atoms in total. The summed E-state index contributed by atoms with van der Waals surface area (Å²) in [6, 6.07) is 5.86. The number of nitrogens with zero attached hydrogens (tertiary/aromatic N) is 2. The van der Waals surface area contributed by atoms with Crippen molar-refractivity contribution in [3.05, 3.63) is 23.9 Å². The van der Waals surface area contributed by atoms with Crippen LogP contribution in [0.25, 0.3) is 0 Å². The Bertz CT molecular complexity index is 327. The monoisotopic (exact) mass is 205 g/mol. The van der Waals surface area contributed by atoms with E-state index >= 15 is 0 Å². The first kappa shape index (κ1) is 11.5. The molecule has 0 saturated heterocycles. The topological polar surface area (TPSA) is 57.9 Å². The number of aromatic nitrogens is 1. The molecule has 0 atom stereocenters. The average Bonchev–Trinajstić information content (AvgIpc) is 2.25. The number of hydrogen-bond donors (Lipinski definition) is 1. The normalized spacial score (nSPS) is 10.0. The molecule has 0 radical (unpaired) electrons. The van der Waals surface area contributed by atoms with Crippen LogP contribution >= 0.6 is 0 Å². The van der Waals surface area contributed by atoms with E-state index in [1.807, 2.05) is 6.07 Å². The first-order chi connectivity index (χ1) is 7.22. The third-order valence-corrected chi connectivity index (χ3v) is 1.77. The maximum atomic E-state index is 8.56. The fraction of sp³-hybridized carbons (Fsp3) is 0.455. The highest BCUT2D eigenvalue weighted by atomic mass is 16.5. The van der Waals surface area contributed by atoms with Gasteiger partial charge in [0.05, 0.1) is 5.56 Å². The fourth-order valence-electron chi connectivity index (χ4n) is 1.04. The van der Waals surface area contributed by atoms with Crippen LogP contribution in [0.2, 0.25) is 0 Å². The standard InChI is InChI=1S/C11H15N3O/c1-9(2)13-5-6-15-11-4-3-10(7-12)8-14-11/h3-4,8-9,13H,5-6H2,1-2H3. The van der Waals surface area contributed by atoms with Gasteiger partial charge in [-0.2, -0.15) is 5.26 Å². The number of rotatable bonds is 5. The second-order valence-electron chi connectivity index (χ2n) is 3.45. The molecule has 1 N–H and O–H groups in total. The van der Waals surface area contributed by atoms with Gasteiger partial charge in [0.2, 0.25) is 5.88 Å². The van der Waals surface area contributed by atoms with E-state index in [1.54, 1.807) is 12.1 Å². The third kappa shape index (κ3) is 4.43. The molecule has 0 unspecified atom stereocenters. The summed E-state index contributed by atoms with van der Waals surface area (Å²) in [7, 11) is 0. The molecule has 0 aliphatic rings. The summed E-state index contributed by atoms with van der Waals surface area (Å²) in [5.41, 5.74) is 0.544. The summed E-state index contributed by atoms with van der Waals surface area (Å²) in [6.45, 7) is 5.54. The highest BCUT2D eigenvalue weighted by Crippen LogP contribution is 2.05. The predicted octanol–water partition coefficient (Wildman–Crippen LogP) is 1.33. The lowest BCUT2D eigenvalue weighted by Gasteiger charge is -2.08. The molecule has 0 aliphatic carbocycles. The van der Waals surface area contributed by atoms with Crippen molar-refractivity contribution in [1.29, 1.82) is 5.26 Å². The van der Waals surface area contributed by atoms with Crippen LogP contribution in [0.4, 0.5) is 0 Å². The van der Waals surface area contributed by atoms with Crippen molar-refractivity contribution in [3.63, 3.8) is 0 Å². The van der Waals surface area contributed by atoms with E-state index < -0.39 is 0 Å². The zero-order chi connectivity index (χ0) is 11.1. The molecule has 0 spiro atoms. The zero-order valence-electron chi connectivity index (χ0n) is 9.03. The zero-order valence-corrected chi connectivity index (χ0v) is 9.03. The van der Waals surface area contributed by atoms with Crippen molar-refractivity contribution < 1.29 is 4.74 Å². The summed E-state index contributed by atoms with van der Waals surface area (Å²) in [5.74, 6) is 0.555. The van der Waals surface area contributed by atoms with E-state index in [-0.39, 0.29) is 0 Å². The predicted molar refractivity (Wildman–Crippen MR) is 57.6 cm³/mol. The van der Waals surface area contributed by atoms with Gasteiger partial charge in [0.25, 0.3) is 0 Å². The van der Waals surface area contributed by atoms with Crippen LogP contribution in [0, 0.1) is 11.3 Å². The minimum Gasteiger partial charge on any atom is -0.476 e. The Balaban J connectivity index is 2.29. The van der Waals surface area contributed by atoms with E-state index in [1.165, 1.54) is 6.20 Å². The molecule has 0 fully saturated rings. The molecule has 1 aromatic heterocycles. The molecule has 4 heteroatoms. The molecule has 1 heterocycles. The number of ether oxygens (including phenoxy) is 1.